The van der Waals surface area contributed by atoms with Gasteiger partial charge in [-0.2, -0.15) is 0 Å². The zero-order valence-corrected chi connectivity index (χ0v) is 21.9. The van der Waals surface area contributed by atoms with E-state index in [1.807, 2.05) is 18.2 Å². The summed E-state index contributed by atoms with van der Waals surface area (Å²) in [6, 6.07) is 18.8. The SMILES string of the molecule is CC(=O)Nc1ccc2nc(N3CCC(C(=O)NC4CCN(Cc5ccccc5)CC4)CC3)cc(C)c2c1. The Morgan fingerprint density at radius 1 is 0.946 bits per heavy atom. The Morgan fingerprint density at radius 3 is 2.38 bits per heavy atom. The van der Waals surface area contributed by atoms with E-state index in [1.54, 1.807) is 0 Å². The van der Waals surface area contributed by atoms with E-state index in [2.05, 4.69) is 63.8 Å². The fourth-order valence-electron chi connectivity index (χ4n) is 5.59. The van der Waals surface area contributed by atoms with E-state index in [0.717, 1.165) is 86.4 Å². The molecule has 0 aliphatic carbocycles. The zero-order chi connectivity index (χ0) is 25.8. The Hall–Kier alpha value is -3.45. The molecule has 2 aliphatic rings. The highest BCUT2D eigenvalue weighted by molar-refractivity contribution is 5.93. The van der Waals surface area contributed by atoms with Gasteiger partial charge in [0.2, 0.25) is 11.8 Å². The Bertz CT molecular complexity index is 1250. The summed E-state index contributed by atoms with van der Waals surface area (Å²) in [7, 11) is 0. The number of carbonyl (C=O) groups is 2. The number of nitrogens with one attached hydrogen (secondary N) is 2. The summed E-state index contributed by atoms with van der Waals surface area (Å²) in [4.78, 5) is 34.1. The van der Waals surface area contributed by atoms with Crippen LogP contribution in [-0.4, -0.2) is 53.9 Å². The fraction of sp³-hybridized carbons (Fsp3) is 0.433. The maximum Gasteiger partial charge on any atom is 0.223 e. The monoisotopic (exact) mass is 499 g/mol. The second kappa shape index (κ2) is 11.3. The number of hydrogen-bond donors (Lipinski definition) is 2. The van der Waals surface area contributed by atoms with Crippen molar-refractivity contribution in [2.24, 2.45) is 5.92 Å². The first-order valence-electron chi connectivity index (χ1n) is 13.5. The number of likely N-dealkylation sites (tertiary alicyclic amines) is 1. The third-order valence-electron chi connectivity index (χ3n) is 7.70. The Morgan fingerprint density at radius 2 is 1.68 bits per heavy atom. The standard InChI is InChI=1S/C30H37N5O2/c1-21-18-29(33-28-9-8-26(19-27(21)28)31-22(2)36)35-16-10-24(11-17-35)30(37)32-25-12-14-34(15-13-25)20-23-6-4-3-5-7-23/h3-9,18-19,24-25H,10-17,20H2,1-2H3,(H,31,36)(H,32,37). The van der Waals surface area contributed by atoms with Crippen LogP contribution >= 0.6 is 0 Å². The molecule has 1 aromatic heterocycles. The smallest absolute Gasteiger partial charge is 0.223 e. The molecule has 0 saturated carbocycles. The first-order valence-corrected chi connectivity index (χ1v) is 13.5. The van der Waals surface area contributed by atoms with E-state index >= 15 is 0 Å². The quantitative estimate of drug-likeness (QED) is 0.522. The molecule has 0 bridgehead atoms. The van der Waals surface area contributed by atoms with Gasteiger partial charge in [-0.25, -0.2) is 4.98 Å². The van der Waals surface area contributed by atoms with Gasteiger partial charge in [-0.1, -0.05) is 30.3 Å². The summed E-state index contributed by atoms with van der Waals surface area (Å²) in [5.41, 5.74) is 4.18. The van der Waals surface area contributed by atoms with Crippen molar-refractivity contribution in [2.75, 3.05) is 36.4 Å². The Balaban J connectivity index is 1.11. The van der Waals surface area contributed by atoms with Gasteiger partial charge in [0.25, 0.3) is 0 Å². The molecule has 0 atom stereocenters. The summed E-state index contributed by atoms with van der Waals surface area (Å²) >= 11 is 0. The topological polar surface area (TPSA) is 77.6 Å². The van der Waals surface area contributed by atoms with Crippen LogP contribution in [0.1, 0.15) is 43.7 Å². The van der Waals surface area contributed by atoms with E-state index in [9.17, 15) is 9.59 Å². The molecule has 7 heteroatoms. The maximum atomic E-state index is 13.0. The van der Waals surface area contributed by atoms with Crippen molar-refractivity contribution in [1.29, 1.82) is 0 Å². The van der Waals surface area contributed by atoms with Crippen molar-refractivity contribution < 1.29 is 9.59 Å². The van der Waals surface area contributed by atoms with E-state index in [1.165, 1.54) is 12.5 Å². The molecular weight excluding hydrogens is 462 g/mol. The molecule has 2 saturated heterocycles. The van der Waals surface area contributed by atoms with Crippen LogP contribution in [0.2, 0.25) is 0 Å². The predicted molar refractivity (Wildman–Crippen MR) is 149 cm³/mol. The van der Waals surface area contributed by atoms with Crippen molar-refractivity contribution in [1.82, 2.24) is 15.2 Å². The van der Waals surface area contributed by atoms with Gasteiger partial charge in [-0.3, -0.25) is 14.5 Å². The molecule has 7 nitrogen and oxygen atoms in total. The number of amides is 2. The first-order chi connectivity index (χ1) is 17.9. The van der Waals surface area contributed by atoms with Crippen molar-refractivity contribution in [3.05, 3.63) is 65.7 Å². The minimum Gasteiger partial charge on any atom is -0.357 e. The molecule has 2 amide bonds. The minimum atomic E-state index is -0.0815. The van der Waals surface area contributed by atoms with Crippen molar-refractivity contribution >= 4 is 34.2 Å². The van der Waals surface area contributed by atoms with Gasteiger partial charge in [-0.05, 0) is 68.0 Å². The average Bonchev–Trinajstić information content (AvgIpc) is 2.90. The molecule has 2 aromatic carbocycles. The van der Waals surface area contributed by atoms with Crippen LogP contribution < -0.4 is 15.5 Å². The van der Waals surface area contributed by atoms with Crippen LogP contribution in [0.5, 0.6) is 0 Å². The number of hydrogen-bond acceptors (Lipinski definition) is 5. The normalized spacial score (nSPS) is 17.6. The molecule has 37 heavy (non-hydrogen) atoms. The molecule has 194 valence electrons. The summed E-state index contributed by atoms with van der Waals surface area (Å²) in [6.45, 7) is 8.29. The average molecular weight is 500 g/mol. The van der Waals surface area contributed by atoms with Gasteiger partial charge in [-0.15, -0.1) is 0 Å². The van der Waals surface area contributed by atoms with Crippen LogP contribution in [0.4, 0.5) is 11.5 Å². The number of aromatic nitrogens is 1. The second-order valence-electron chi connectivity index (χ2n) is 10.5. The van der Waals surface area contributed by atoms with Gasteiger partial charge in [0.15, 0.2) is 0 Å². The van der Waals surface area contributed by atoms with Crippen LogP contribution in [0, 0.1) is 12.8 Å². The lowest BCUT2D eigenvalue weighted by molar-refractivity contribution is -0.126. The summed E-state index contributed by atoms with van der Waals surface area (Å²) in [5, 5.41) is 7.23. The number of carbonyl (C=O) groups excluding carboxylic acids is 2. The summed E-state index contributed by atoms with van der Waals surface area (Å²) in [5.74, 6) is 1.17. The van der Waals surface area contributed by atoms with Crippen LogP contribution in [-0.2, 0) is 16.1 Å². The van der Waals surface area contributed by atoms with Crippen LogP contribution in [0.25, 0.3) is 10.9 Å². The largest absolute Gasteiger partial charge is 0.357 e. The molecule has 2 N–H and O–H groups in total. The minimum absolute atomic E-state index is 0.0698. The number of aryl methyl sites for hydroxylation is 1. The van der Waals surface area contributed by atoms with Crippen LogP contribution in [0.15, 0.2) is 54.6 Å². The first kappa shape index (κ1) is 25.2. The fourth-order valence-corrected chi connectivity index (χ4v) is 5.59. The van der Waals surface area contributed by atoms with E-state index in [-0.39, 0.29) is 23.8 Å². The number of benzene rings is 2. The number of fused-ring (bicyclic) bond motifs is 1. The van der Waals surface area contributed by atoms with Gasteiger partial charge < -0.3 is 15.5 Å². The Labute approximate surface area is 219 Å². The molecule has 3 heterocycles. The number of pyridine rings is 1. The Kier molecular flexibility index (Phi) is 7.70. The number of anilines is 2. The highest BCUT2D eigenvalue weighted by atomic mass is 16.2. The van der Waals surface area contributed by atoms with E-state index in [4.69, 9.17) is 4.98 Å². The lowest BCUT2D eigenvalue weighted by atomic mass is 9.94. The maximum absolute atomic E-state index is 13.0. The molecule has 0 spiro atoms. The van der Waals surface area contributed by atoms with Crippen molar-refractivity contribution in [3.63, 3.8) is 0 Å². The van der Waals surface area contributed by atoms with E-state index < -0.39 is 0 Å². The van der Waals surface area contributed by atoms with Crippen molar-refractivity contribution in [3.8, 4) is 0 Å². The third kappa shape index (κ3) is 6.28. The lowest BCUT2D eigenvalue weighted by Gasteiger charge is -2.35. The highest BCUT2D eigenvalue weighted by Crippen LogP contribution is 2.28. The van der Waals surface area contributed by atoms with Gasteiger partial charge >= 0.3 is 0 Å². The third-order valence-corrected chi connectivity index (χ3v) is 7.70. The van der Waals surface area contributed by atoms with Gasteiger partial charge in [0, 0.05) is 62.7 Å². The summed E-state index contributed by atoms with van der Waals surface area (Å²) in [6.07, 6.45) is 3.72. The van der Waals surface area contributed by atoms with Crippen LogP contribution in [0.3, 0.4) is 0 Å². The second-order valence-corrected chi connectivity index (χ2v) is 10.5. The predicted octanol–water partition coefficient (Wildman–Crippen LogP) is 4.50. The molecule has 2 aliphatic heterocycles. The molecule has 2 fully saturated rings. The van der Waals surface area contributed by atoms with Gasteiger partial charge in [0.1, 0.15) is 5.82 Å². The van der Waals surface area contributed by atoms with Gasteiger partial charge in [0.05, 0.1) is 5.52 Å². The van der Waals surface area contributed by atoms with Crippen molar-refractivity contribution in [2.45, 2.75) is 52.1 Å². The molecule has 3 aromatic rings. The number of rotatable bonds is 6. The van der Waals surface area contributed by atoms with E-state index in [0.29, 0.717) is 0 Å². The molecule has 0 radical (unpaired) electrons. The lowest BCUT2D eigenvalue weighted by Crippen LogP contribution is -2.48. The molecular formula is C30H37N5O2. The number of nitrogens with zero attached hydrogens (tertiary/aromatic N) is 3. The molecule has 5 rings (SSSR count). The molecule has 0 unspecified atom stereocenters. The summed E-state index contributed by atoms with van der Waals surface area (Å²) < 4.78 is 0. The highest BCUT2D eigenvalue weighted by Gasteiger charge is 2.28. The number of piperidine rings is 2. The zero-order valence-electron chi connectivity index (χ0n) is 21.9.